The fourth-order valence-electron chi connectivity index (χ4n) is 4.30. The van der Waals surface area contributed by atoms with E-state index >= 15 is 0 Å². The number of benzene rings is 2. The summed E-state index contributed by atoms with van der Waals surface area (Å²) >= 11 is 0. The number of amides is 1. The van der Waals surface area contributed by atoms with E-state index in [4.69, 9.17) is 19.3 Å². The molecule has 10 heteroatoms. The summed E-state index contributed by atoms with van der Waals surface area (Å²) in [6.07, 6.45) is 1.11. The summed E-state index contributed by atoms with van der Waals surface area (Å²) in [7, 11) is 1.81. The molecule has 37 heavy (non-hydrogen) atoms. The number of phenols is 1. The lowest BCUT2D eigenvalue weighted by atomic mass is 9.93. The van der Waals surface area contributed by atoms with Crippen LogP contribution in [0.15, 0.2) is 71.2 Å². The number of aromatic nitrogens is 2. The average Bonchev–Trinajstić information content (AvgIpc) is 3.13. The molecule has 4 rings (SSSR count). The Bertz CT molecular complexity index is 1310. The van der Waals surface area contributed by atoms with Gasteiger partial charge >= 0.3 is 0 Å². The Morgan fingerprint density at radius 2 is 1.84 bits per heavy atom. The van der Waals surface area contributed by atoms with Crippen molar-refractivity contribution in [3.8, 4) is 11.4 Å². The van der Waals surface area contributed by atoms with Gasteiger partial charge in [-0.15, -0.1) is 0 Å². The normalized spacial score (nSPS) is 17.2. The van der Waals surface area contributed by atoms with Crippen LogP contribution in [-0.4, -0.2) is 58.2 Å². The van der Waals surface area contributed by atoms with E-state index in [2.05, 4.69) is 5.32 Å². The number of hydrogen-bond acceptors (Lipinski definition) is 7. The van der Waals surface area contributed by atoms with E-state index in [0.717, 1.165) is 11.4 Å². The third-order valence-corrected chi connectivity index (χ3v) is 6.17. The number of rotatable bonds is 10. The quantitative estimate of drug-likeness (QED) is 0.283. The number of nitrogens with one attached hydrogen (secondary N) is 1. The fraction of sp³-hybridized carbons (Fsp3) is 0.333. The van der Waals surface area contributed by atoms with Crippen LogP contribution in [0.3, 0.4) is 0 Å². The highest BCUT2D eigenvalue weighted by atomic mass is 16.7. The number of aromatic hydroxyl groups is 1. The van der Waals surface area contributed by atoms with E-state index in [-0.39, 0.29) is 49.2 Å². The van der Waals surface area contributed by atoms with Gasteiger partial charge in [-0.3, -0.25) is 14.3 Å². The highest BCUT2D eigenvalue weighted by Gasteiger charge is 2.33. The molecule has 2 aromatic carbocycles. The number of phenolic OH excluding ortho intramolecular Hbond substituents is 1. The van der Waals surface area contributed by atoms with E-state index in [1.165, 1.54) is 6.07 Å². The lowest BCUT2D eigenvalue weighted by Crippen LogP contribution is -2.32. The molecule has 0 saturated heterocycles. The molecule has 0 saturated carbocycles. The Hall–Kier alpha value is -3.86. The maximum atomic E-state index is 13.6. The number of nitrogens with zero attached hydrogens (tertiary/aromatic N) is 2. The predicted molar refractivity (Wildman–Crippen MR) is 137 cm³/mol. The SMILES string of the molecule is Cc1c([C@@H]2C=C(C(=O)Nc3ccccc3O)O[C@H](OCCOCCO)C2)c(=O)n(-c2ccccc2)n1C. The monoisotopic (exact) mass is 509 g/mol. The maximum Gasteiger partial charge on any atom is 0.290 e. The molecular formula is C27H31N3O7. The number of allylic oxidation sites excluding steroid dienone is 1. The molecule has 1 aromatic heterocycles. The van der Waals surface area contributed by atoms with Crippen molar-refractivity contribution in [1.29, 1.82) is 0 Å². The van der Waals surface area contributed by atoms with Gasteiger partial charge in [0.25, 0.3) is 11.5 Å². The zero-order chi connectivity index (χ0) is 26.4. The molecule has 1 amide bonds. The molecule has 0 spiro atoms. The third kappa shape index (κ3) is 5.93. The van der Waals surface area contributed by atoms with Crippen LogP contribution >= 0.6 is 0 Å². The molecule has 2 heterocycles. The summed E-state index contributed by atoms with van der Waals surface area (Å²) in [5, 5.41) is 21.6. The molecule has 3 N–H and O–H groups in total. The van der Waals surface area contributed by atoms with E-state index in [1.807, 2.05) is 44.3 Å². The molecule has 2 atom stereocenters. The van der Waals surface area contributed by atoms with E-state index in [1.54, 1.807) is 33.6 Å². The summed E-state index contributed by atoms with van der Waals surface area (Å²) in [4.78, 5) is 26.7. The first-order chi connectivity index (χ1) is 17.9. The first-order valence-electron chi connectivity index (χ1n) is 12.0. The number of carbonyl (C=O) groups excluding carboxylic acids is 1. The van der Waals surface area contributed by atoms with Crippen molar-refractivity contribution < 1.29 is 29.2 Å². The number of ether oxygens (including phenoxy) is 3. The minimum absolute atomic E-state index is 0.0188. The molecule has 10 nitrogen and oxygen atoms in total. The Morgan fingerprint density at radius 1 is 1.11 bits per heavy atom. The highest BCUT2D eigenvalue weighted by Crippen LogP contribution is 2.33. The summed E-state index contributed by atoms with van der Waals surface area (Å²) < 4.78 is 20.3. The minimum atomic E-state index is -0.818. The molecule has 196 valence electrons. The number of para-hydroxylation sites is 3. The van der Waals surface area contributed by atoms with Crippen molar-refractivity contribution in [2.45, 2.75) is 25.6 Å². The van der Waals surface area contributed by atoms with Crippen LogP contribution in [0.5, 0.6) is 5.75 Å². The Balaban J connectivity index is 1.65. The summed E-state index contributed by atoms with van der Waals surface area (Å²) in [6.45, 7) is 2.36. The molecule has 0 unspecified atom stereocenters. The van der Waals surface area contributed by atoms with Crippen LogP contribution in [-0.2, 0) is 26.1 Å². The standard InChI is InChI=1S/C27H31N3O7/c1-18-25(27(34)30(29(18)2)20-8-4-3-5-9-20)19-16-23(26(33)28-21-10-6-7-11-22(21)32)37-24(17-19)36-15-14-35-13-12-31/h3-11,16,19,24,31-32H,12-15,17H2,1-2H3,(H,28,33)/t19-,24+/m1/s1. The zero-order valence-corrected chi connectivity index (χ0v) is 20.8. The number of anilines is 1. The van der Waals surface area contributed by atoms with Gasteiger partial charge < -0.3 is 29.7 Å². The van der Waals surface area contributed by atoms with Gasteiger partial charge in [-0.05, 0) is 37.3 Å². The van der Waals surface area contributed by atoms with Gasteiger partial charge in [0.05, 0.1) is 37.8 Å². The fourth-order valence-corrected chi connectivity index (χ4v) is 4.30. The van der Waals surface area contributed by atoms with E-state index in [9.17, 15) is 14.7 Å². The summed E-state index contributed by atoms with van der Waals surface area (Å²) in [5.41, 5.74) is 2.05. The average molecular weight is 510 g/mol. The van der Waals surface area contributed by atoms with Crippen LogP contribution in [0.2, 0.25) is 0 Å². The van der Waals surface area contributed by atoms with Gasteiger partial charge in [0.15, 0.2) is 5.76 Å². The van der Waals surface area contributed by atoms with E-state index < -0.39 is 18.1 Å². The van der Waals surface area contributed by atoms with Gasteiger partial charge in [-0.2, -0.15) is 0 Å². The molecule has 0 aliphatic carbocycles. The van der Waals surface area contributed by atoms with Crippen LogP contribution < -0.4 is 10.9 Å². The third-order valence-electron chi connectivity index (χ3n) is 6.17. The largest absolute Gasteiger partial charge is 0.506 e. The number of carbonyl (C=O) groups is 1. The van der Waals surface area contributed by atoms with Crippen LogP contribution in [0.1, 0.15) is 23.6 Å². The van der Waals surface area contributed by atoms with Crippen molar-refractivity contribution in [3.05, 3.63) is 88.0 Å². The van der Waals surface area contributed by atoms with Crippen molar-refractivity contribution in [1.82, 2.24) is 9.36 Å². The highest BCUT2D eigenvalue weighted by molar-refractivity contribution is 6.03. The number of aliphatic hydroxyl groups is 1. The van der Waals surface area contributed by atoms with Gasteiger partial charge in [0.1, 0.15) is 5.75 Å². The second-order valence-corrected chi connectivity index (χ2v) is 8.57. The molecule has 0 radical (unpaired) electrons. The Kier molecular flexibility index (Phi) is 8.44. The van der Waals surface area contributed by atoms with Crippen LogP contribution in [0.4, 0.5) is 5.69 Å². The molecule has 3 aromatic rings. The Labute approximate surface area is 214 Å². The lowest BCUT2D eigenvalue weighted by Gasteiger charge is -2.29. The maximum absolute atomic E-state index is 13.6. The first kappa shape index (κ1) is 26.2. The van der Waals surface area contributed by atoms with Crippen LogP contribution in [0, 0.1) is 6.92 Å². The number of aliphatic hydroxyl groups excluding tert-OH is 1. The summed E-state index contributed by atoms with van der Waals surface area (Å²) in [6, 6.07) is 15.7. The van der Waals surface area contributed by atoms with Gasteiger partial charge in [-0.25, -0.2) is 4.68 Å². The van der Waals surface area contributed by atoms with Crippen LogP contribution in [0.25, 0.3) is 5.69 Å². The first-order valence-corrected chi connectivity index (χ1v) is 12.0. The zero-order valence-electron chi connectivity index (χ0n) is 20.8. The smallest absolute Gasteiger partial charge is 0.290 e. The molecule has 0 fully saturated rings. The second-order valence-electron chi connectivity index (χ2n) is 8.57. The second kappa shape index (κ2) is 11.9. The predicted octanol–water partition coefficient (Wildman–Crippen LogP) is 2.57. The number of hydrogen-bond donors (Lipinski definition) is 3. The molecular weight excluding hydrogens is 478 g/mol. The summed E-state index contributed by atoms with van der Waals surface area (Å²) in [5.74, 6) is -1.14. The molecule has 1 aliphatic heterocycles. The minimum Gasteiger partial charge on any atom is -0.506 e. The van der Waals surface area contributed by atoms with Crippen molar-refractivity contribution in [2.75, 3.05) is 31.7 Å². The lowest BCUT2D eigenvalue weighted by molar-refractivity contribution is -0.148. The van der Waals surface area contributed by atoms with Gasteiger partial charge in [-0.1, -0.05) is 30.3 Å². The van der Waals surface area contributed by atoms with E-state index in [0.29, 0.717) is 12.0 Å². The van der Waals surface area contributed by atoms with Crippen molar-refractivity contribution >= 4 is 11.6 Å². The van der Waals surface area contributed by atoms with Crippen molar-refractivity contribution in [3.63, 3.8) is 0 Å². The topological polar surface area (TPSA) is 124 Å². The van der Waals surface area contributed by atoms with Crippen molar-refractivity contribution in [2.24, 2.45) is 7.05 Å². The molecule has 0 bridgehead atoms. The molecule has 1 aliphatic rings. The van der Waals surface area contributed by atoms with Gasteiger partial charge in [0.2, 0.25) is 6.29 Å². The van der Waals surface area contributed by atoms with Gasteiger partial charge in [0, 0.05) is 30.6 Å². The Morgan fingerprint density at radius 3 is 2.57 bits per heavy atom.